The first-order chi connectivity index (χ1) is 28.2. The second-order valence-electron chi connectivity index (χ2n) is 14.4. The Morgan fingerprint density at radius 1 is 0.404 bits per heavy atom. The van der Waals surface area contributed by atoms with Gasteiger partial charge in [-0.3, -0.25) is 0 Å². The topological polar surface area (TPSA) is 56.7 Å². The van der Waals surface area contributed by atoms with Crippen LogP contribution in [0, 0.1) is 0 Å². The molecule has 0 spiro atoms. The molecule has 4 aromatic heterocycles. The van der Waals surface area contributed by atoms with Crippen LogP contribution in [0.4, 0.5) is 0 Å². The van der Waals surface area contributed by atoms with Gasteiger partial charge in [0.2, 0.25) is 0 Å². The van der Waals surface area contributed by atoms with E-state index in [1.807, 2.05) is 30.3 Å². The molecule has 0 aliphatic carbocycles. The summed E-state index contributed by atoms with van der Waals surface area (Å²) in [5, 5.41) is 7.00. The lowest BCUT2D eigenvalue weighted by molar-refractivity contribution is 0.670. The Morgan fingerprint density at radius 2 is 1.04 bits per heavy atom. The predicted octanol–water partition coefficient (Wildman–Crippen LogP) is 13.9. The van der Waals surface area contributed by atoms with E-state index in [1.165, 1.54) is 31.8 Å². The van der Waals surface area contributed by atoms with Crippen molar-refractivity contribution in [3.8, 4) is 51.0 Å². The van der Waals surface area contributed by atoms with E-state index in [-0.39, 0.29) is 0 Å². The van der Waals surface area contributed by atoms with Crippen LogP contribution in [0.1, 0.15) is 0 Å². The minimum absolute atomic E-state index is 0.596. The molecule has 0 unspecified atom stereocenters. The molecule has 0 aliphatic heterocycles. The van der Waals surface area contributed by atoms with E-state index in [2.05, 4.69) is 156 Å². The van der Waals surface area contributed by atoms with Crippen LogP contribution >= 0.6 is 11.3 Å². The quantitative estimate of drug-likeness (QED) is 0.176. The zero-order chi connectivity index (χ0) is 37.5. The highest BCUT2D eigenvalue weighted by atomic mass is 32.1. The molecule has 0 N–H and O–H groups in total. The van der Waals surface area contributed by atoms with Crippen LogP contribution in [-0.2, 0) is 0 Å². The monoisotopic (exact) mass is 746 g/mol. The van der Waals surface area contributed by atoms with Crippen LogP contribution in [0.3, 0.4) is 0 Å². The molecule has 5 nitrogen and oxygen atoms in total. The van der Waals surface area contributed by atoms with Crippen molar-refractivity contribution in [2.45, 2.75) is 0 Å². The summed E-state index contributed by atoms with van der Waals surface area (Å²) in [4.78, 5) is 15.3. The molecule has 0 fully saturated rings. The smallest absolute Gasteiger partial charge is 0.165 e. The van der Waals surface area contributed by atoms with E-state index < -0.39 is 0 Å². The third-order valence-electron chi connectivity index (χ3n) is 11.1. The fourth-order valence-electron chi connectivity index (χ4n) is 8.42. The normalized spacial score (nSPS) is 11.9. The maximum atomic E-state index is 6.83. The molecule has 266 valence electrons. The van der Waals surface area contributed by atoms with Crippen LogP contribution in [0.5, 0.6) is 0 Å². The van der Waals surface area contributed by atoms with Gasteiger partial charge in [0.25, 0.3) is 0 Å². The van der Waals surface area contributed by atoms with Crippen molar-refractivity contribution in [1.29, 1.82) is 0 Å². The highest BCUT2D eigenvalue weighted by molar-refractivity contribution is 7.26. The molecule has 0 saturated carbocycles. The zero-order valence-corrected chi connectivity index (χ0v) is 31.2. The second-order valence-corrected chi connectivity index (χ2v) is 15.4. The standard InChI is InChI=1S/C51H30N4OS/c1-3-13-31(14-4-1)49-52-50(54-51(53-49)42-22-12-21-41-39-18-8-10-24-46(39)57-48(41)42)33-26-28-38-40-20-11-19-35(47(40)56-45(38)30-33)32-25-27-37-36-17-7-9-23-43(36)55(44(37)29-32)34-15-5-2-6-16-34/h1-30H. The zero-order valence-electron chi connectivity index (χ0n) is 30.4. The second kappa shape index (κ2) is 12.6. The summed E-state index contributed by atoms with van der Waals surface area (Å²) < 4.78 is 11.6. The number of furan rings is 1. The van der Waals surface area contributed by atoms with E-state index >= 15 is 0 Å². The summed E-state index contributed by atoms with van der Waals surface area (Å²) in [5.74, 6) is 1.87. The Morgan fingerprint density at radius 3 is 1.89 bits per heavy atom. The van der Waals surface area contributed by atoms with Crippen LogP contribution in [0.25, 0.3) is 115 Å². The molecular formula is C51H30N4OS. The molecular weight excluding hydrogens is 717 g/mol. The fraction of sp³-hybridized carbons (Fsp3) is 0. The van der Waals surface area contributed by atoms with Crippen molar-refractivity contribution in [2.75, 3.05) is 0 Å². The third-order valence-corrected chi connectivity index (χ3v) is 12.3. The van der Waals surface area contributed by atoms with Crippen LogP contribution < -0.4 is 0 Å². The Kier molecular flexibility index (Phi) is 7.03. The lowest BCUT2D eigenvalue weighted by Crippen LogP contribution is -2.00. The number of benzene rings is 8. The van der Waals surface area contributed by atoms with Gasteiger partial charge in [0.15, 0.2) is 17.5 Å². The number of rotatable bonds is 5. The van der Waals surface area contributed by atoms with E-state index in [0.29, 0.717) is 17.5 Å². The van der Waals surface area contributed by atoms with Gasteiger partial charge in [-0.25, -0.2) is 15.0 Å². The number of fused-ring (bicyclic) bond motifs is 9. The molecule has 57 heavy (non-hydrogen) atoms. The van der Waals surface area contributed by atoms with Gasteiger partial charge in [-0.2, -0.15) is 0 Å². The summed E-state index contributed by atoms with van der Waals surface area (Å²) in [5.41, 5.74) is 10.0. The van der Waals surface area contributed by atoms with Crippen molar-refractivity contribution in [3.63, 3.8) is 0 Å². The molecule has 0 amide bonds. The lowest BCUT2D eigenvalue weighted by Gasteiger charge is -2.09. The average molecular weight is 747 g/mol. The SMILES string of the molecule is c1ccc(-c2nc(-c3ccc4c(c3)oc3c(-c5ccc6c7ccccc7n(-c7ccccc7)c6c5)cccc34)nc(-c3cccc4c3sc3ccccc34)n2)cc1. The Balaban J connectivity index is 1.02. The van der Waals surface area contributed by atoms with E-state index in [4.69, 9.17) is 19.4 Å². The van der Waals surface area contributed by atoms with Gasteiger partial charge in [-0.1, -0.05) is 133 Å². The van der Waals surface area contributed by atoms with Gasteiger partial charge < -0.3 is 8.98 Å². The molecule has 12 aromatic rings. The van der Waals surface area contributed by atoms with Gasteiger partial charge in [0, 0.05) is 69.7 Å². The van der Waals surface area contributed by atoms with Crippen LogP contribution in [-0.4, -0.2) is 19.5 Å². The molecule has 0 radical (unpaired) electrons. The van der Waals surface area contributed by atoms with Crippen LogP contribution in [0.15, 0.2) is 186 Å². The lowest BCUT2D eigenvalue weighted by atomic mass is 10.0. The highest BCUT2D eigenvalue weighted by Crippen LogP contribution is 2.42. The van der Waals surface area contributed by atoms with E-state index in [0.717, 1.165) is 65.7 Å². The molecule has 0 atom stereocenters. The van der Waals surface area contributed by atoms with Gasteiger partial charge >= 0.3 is 0 Å². The number of nitrogens with zero attached hydrogens (tertiary/aromatic N) is 4. The summed E-state index contributed by atoms with van der Waals surface area (Å²) >= 11 is 1.77. The highest BCUT2D eigenvalue weighted by Gasteiger charge is 2.20. The number of aromatic nitrogens is 4. The van der Waals surface area contributed by atoms with Gasteiger partial charge in [0.05, 0.1) is 11.0 Å². The van der Waals surface area contributed by atoms with Gasteiger partial charge in [0.1, 0.15) is 11.2 Å². The van der Waals surface area contributed by atoms with Gasteiger partial charge in [-0.15, -0.1) is 11.3 Å². The molecule has 0 bridgehead atoms. The van der Waals surface area contributed by atoms with Gasteiger partial charge in [-0.05, 0) is 54.1 Å². The van der Waals surface area contributed by atoms with Crippen molar-refractivity contribution in [3.05, 3.63) is 182 Å². The third kappa shape index (κ3) is 5.04. The van der Waals surface area contributed by atoms with Crippen molar-refractivity contribution in [2.24, 2.45) is 0 Å². The summed E-state index contributed by atoms with van der Waals surface area (Å²) in [7, 11) is 0. The first-order valence-electron chi connectivity index (χ1n) is 19.0. The predicted molar refractivity (Wildman–Crippen MR) is 236 cm³/mol. The fourth-order valence-corrected chi connectivity index (χ4v) is 9.63. The Hall–Kier alpha value is -7.41. The maximum absolute atomic E-state index is 6.83. The van der Waals surface area contributed by atoms with Crippen molar-refractivity contribution >= 4 is 75.3 Å². The van der Waals surface area contributed by atoms with E-state index in [1.54, 1.807) is 11.3 Å². The summed E-state index contributed by atoms with van der Waals surface area (Å²) in [6, 6.07) is 63.8. The summed E-state index contributed by atoms with van der Waals surface area (Å²) in [6.45, 7) is 0. The minimum atomic E-state index is 0.596. The number of hydrogen-bond acceptors (Lipinski definition) is 5. The Labute approximate surface area is 330 Å². The number of para-hydroxylation sites is 3. The maximum Gasteiger partial charge on any atom is 0.165 e. The molecule has 4 heterocycles. The first kappa shape index (κ1) is 31.9. The van der Waals surface area contributed by atoms with Crippen molar-refractivity contribution in [1.82, 2.24) is 19.5 Å². The number of hydrogen-bond donors (Lipinski definition) is 0. The molecule has 8 aromatic carbocycles. The molecule has 6 heteroatoms. The molecule has 12 rings (SSSR count). The first-order valence-corrected chi connectivity index (χ1v) is 19.8. The minimum Gasteiger partial charge on any atom is -0.455 e. The molecule has 0 saturated heterocycles. The molecule has 0 aliphatic rings. The van der Waals surface area contributed by atoms with Crippen molar-refractivity contribution < 1.29 is 4.42 Å². The summed E-state index contributed by atoms with van der Waals surface area (Å²) in [6.07, 6.45) is 0. The van der Waals surface area contributed by atoms with Crippen LogP contribution in [0.2, 0.25) is 0 Å². The largest absolute Gasteiger partial charge is 0.455 e. The average Bonchev–Trinajstić information content (AvgIpc) is 3.96. The van der Waals surface area contributed by atoms with E-state index in [9.17, 15) is 0 Å². The number of thiophene rings is 1. The Bertz CT molecular complexity index is 3530.